The van der Waals surface area contributed by atoms with Crippen LogP contribution in [0.5, 0.6) is 11.5 Å². The summed E-state index contributed by atoms with van der Waals surface area (Å²) in [5.41, 5.74) is 1.99. The molecule has 0 unspecified atom stereocenters. The second-order valence-electron chi connectivity index (χ2n) is 4.26. The fourth-order valence-corrected chi connectivity index (χ4v) is 2.33. The van der Waals surface area contributed by atoms with Gasteiger partial charge in [-0.25, -0.2) is 4.98 Å². The molecular weight excluding hydrogens is 269 g/mol. The summed E-state index contributed by atoms with van der Waals surface area (Å²) in [4.78, 5) is 3.53. The Hall–Kier alpha value is -1.81. The zero-order valence-corrected chi connectivity index (χ0v) is 10.8. The lowest BCUT2D eigenvalue weighted by Gasteiger charge is -2.10. The summed E-state index contributed by atoms with van der Waals surface area (Å²) in [6.07, 6.45) is 2.21. The van der Waals surface area contributed by atoms with E-state index in [1.165, 1.54) is 18.3 Å². The quantitative estimate of drug-likeness (QED) is 0.807. The Labute approximate surface area is 114 Å². The van der Waals surface area contributed by atoms with Gasteiger partial charge in [0.15, 0.2) is 0 Å². The van der Waals surface area contributed by atoms with Crippen LogP contribution in [0.4, 0.5) is 4.39 Å². The van der Waals surface area contributed by atoms with Crippen LogP contribution in [0.15, 0.2) is 30.5 Å². The molecule has 3 nitrogen and oxygen atoms in total. The molecule has 2 aromatic rings. The first-order valence-electron chi connectivity index (χ1n) is 5.91. The number of fused-ring (bicyclic) bond motifs is 1. The van der Waals surface area contributed by atoms with E-state index in [9.17, 15) is 4.39 Å². The molecule has 98 valence electrons. The van der Waals surface area contributed by atoms with Crippen LogP contribution in [0, 0.1) is 5.95 Å². The van der Waals surface area contributed by atoms with Gasteiger partial charge in [-0.15, -0.1) is 0 Å². The molecule has 0 spiro atoms. The number of nitrogens with zero attached hydrogens (tertiary/aromatic N) is 1. The molecule has 0 bridgehead atoms. The van der Waals surface area contributed by atoms with E-state index in [0.717, 1.165) is 23.3 Å². The van der Waals surface area contributed by atoms with Gasteiger partial charge >= 0.3 is 0 Å². The molecule has 1 aromatic carbocycles. The first kappa shape index (κ1) is 12.2. The van der Waals surface area contributed by atoms with Crippen LogP contribution in [-0.4, -0.2) is 11.6 Å². The van der Waals surface area contributed by atoms with Gasteiger partial charge in [0, 0.05) is 17.0 Å². The minimum Gasteiger partial charge on any atom is -0.493 e. The standard InChI is InChI=1S/C14H11ClFNO2/c15-11-5-9-3-4-18-14(9)10(6-11)8-19-12-1-2-13(16)17-7-12/h1-2,5-7H,3-4,8H2. The number of halogens is 2. The lowest BCUT2D eigenvalue weighted by Crippen LogP contribution is -1.99. The van der Waals surface area contributed by atoms with Crippen molar-refractivity contribution in [2.24, 2.45) is 0 Å². The summed E-state index contributed by atoms with van der Waals surface area (Å²) in [5, 5.41) is 0.667. The van der Waals surface area contributed by atoms with E-state index in [1.54, 1.807) is 0 Å². The molecule has 0 fully saturated rings. The van der Waals surface area contributed by atoms with E-state index in [1.807, 2.05) is 12.1 Å². The molecule has 1 aromatic heterocycles. The highest BCUT2D eigenvalue weighted by Gasteiger charge is 2.17. The van der Waals surface area contributed by atoms with Crippen molar-refractivity contribution in [1.82, 2.24) is 4.98 Å². The number of hydrogen-bond donors (Lipinski definition) is 0. The molecule has 0 aliphatic carbocycles. The third-order valence-corrected chi connectivity index (χ3v) is 3.14. The van der Waals surface area contributed by atoms with Crippen molar-refractivity contribution in [2.75, 3.05) is 6.61 Å². The van der Waals surface area contributed by atoms with Gasteiger partial charge in [-0.2, -0.15) is 4.39 Å². The summed E-state index contributed by atoms with van der Waals surface area (Å²) in [5.74, 6) is 0.826. The zero-order valence-electron chi connectivity index (χ0n) is 10.0. The Kier molecular flexibility index (Phi) is 3.25. The highest BCUT2D eigenvalue weighted by molar-refractivity contribution is 6.30. The van der Waals surface area contributed by atoms with Crippen molar-refractivity contribution >= 4 is 11.6 Å². The van der Waals surface area contributed by atoms with Gasteiger partial charge in [0.2, 0.25) is 5.95 Å². The van der Waals surface area contributed by atoms with Crippen molar-refractivity contribution < 1.29 is 13.9 Å². The molecular formula is C14H11ClFNO2. The Morgan fingerprint density at radius 2 is 2.26 bits per heavy atom. The van der Waals surface area contributed by atoms with Crippen LogP contribution in [0.3, 0.4) is 0 Å². The fourth-order valence-electron chi connectivity index (χ4n) is 2.06. The van der Waals surface area contributed by atoms with E-state index in [-0.39, 0.29) is 0 Å². The molecule has 0 atom stereocenters. The number of hydrogen-bond acceptors (Lipinski definition) is 3. The van der Waals surface area contributed by atoms with Crippen LogP contribution in [0.25, 0.3) is 0 Å². The minimum absolute atomic E-state index is 0.316. The SMILES string of the molecule is Fc1ccc(OCc2cc(Cl)cc3c2OCC3)cn1. The largest absolute Gasteiger partial charge is 0.493 e. The van der Waals surface area contributed by atoms with Crippen LogP contribution < -0.4 is 9.47 Å². The van der Waals surface area contributed by atoms with Gasteiger partial charge in [-0.05, 0) is 29.8 Å². The Bertz CT molecular complexity index is 601. The maximum atomic E-state index is 12.7. The maximum Gasteiger partial charge on any atom is 0.213 e. The van der Waals surface area contributed by atoms with Crippen molar-refractivity contribution in [2.45, 2.75) is 13.0 Å². The molecule has 19 heavy (non-hydrogen) atoms. The third-order valence-electron chi connectivity index (χ3n) is 2.92. The van der Waals surface area contributed by atoms with E-state index >= 15 is 0 Å². The summed E-state index contributed by atoms with van der Waals surface area (Å²) in [6, 6.07) is 6.53. The topological polar surface area (TPSA) is 31.4 Å². The number of pyridine rings is 1. The predicted molar refractivity (Wildman–Crippen MR) is 69.2 cm³/mol. The van der Waals surface area contributed by atoms with E-state index < -0.39 is 5.95 Å². The molecule has 0 amide bonds. The molecule has 5 heteroatoms. The van der Waals surface area contributed by atoms with E-state index in [2.05, 4.69) is 4.98 Å². The minimum atomic E-state index is -0.528. The number of benzene rings is 1. The molecule has 0 radical (unpaired) electrons. The van der Waals surface area contributed by atoms with Gasteiger partial charge in [0.25, 0.3) is 0 Å². The molecule has 1 aliphatic rings. The van der Waals surface area contributed by atoms with E-state index in [4.69, 9.17) is 21.1 Å². The maximum absolute atomic E-state index is 12.7. The Morgan fingerprint density at radius 1 is 1.37 bits per heavy atom. The molecule has 3 rings (SSSR count). The Morgan fingerprint density at radius 3 is 3.05 bits per heavy atom. The van der Waals surface area contributed by atoms with Gasteiger partial charge in [0.1, 0.15) is 18.1 Å². The van der Waals surface area contributed by atoms with E-state index in [0.29, 0.717) is 24.0 Å². The monoisotopic (exact) mass is 279 g/mol. The summed E-state index contributed by atoms with van der Waals surface area (Å²) >= 11 is 6.06. The van der Waals surface area contributed by atoms with Gasteiger partial charge in [-0.1, -0.05) is 11.6 Å². The number of rotatable bonds is 3. The third kappa shape index (κ3) is 2.63. The van der Waals surface area contributed by atoms with Gasteiger partial charge < -0.3 is 9.47 Å². The average Bonchev–Trinajstić information content (AvgIpc) is 2.85. The van der Waals surface area contributed by atoms with Gasteiger partial charge in [-0.3, -0.25) is 0 Å². The first-order chi connectivity index (χ1) is 9.22. The lowest BCUT2D eigenvalue weighted by atomic mass is 10.1. The van der Waals surface area contributed by atoms with Crippen molar-refractivity contribution in [1.29, 1.82) is 0 Å². The predicted octanol–water partition coefficient (Wildman–Crippen LogP) is 3.39. The average molecular weight is 280 g/mol. The summed E-state index contributed by atoms with van der Waals surface area (Å²) in [7, 11) is 0. The van der Waals surface area contributed by atoms with Gasteiger partial charge in [0.05, 0.1) is 12.8 Å². The highest BCUT2D eigenvalue weighted by Crippen LogP contribution is 2.33. The van der Waals surface area contributed by atoms with Crippen molar-refractivity contribution in [3.8, 4) is 11.5 Å². The fraction of sp³-hybridized carbons (Fsp3) is 0.214. The molecule has 2 heterocycles. The lowest BCUT2D eigenvalue weighted by molar-refractivity contribution is 0.290. The van der Waals surface area contributed by atoms with Crippen LogP contribution >= 0.6 is 11.6 Å². The zero-order chi connectivity index (χ0) is 13.2. The molecule has 0 N–H and O–H groups in total. The number of ether oxygens (including phenoxy) is 2. The second kappa shape index (κ2) is 5.05. The van der Waals surface area contributed by atoms with Crippen LogP contribution in [0.2, 0.25) is 5.02 Å². The highest BCUT2D eigenvalue weighted by atomic mass is 35.5. The first-order valence-corrected chi connectivity index (χ1v) is 6.28. The molecule has 1 aliphatic heterocycles. The summed E-state index contributed by atoms with van der Waals surface area (Å²) in [6.45, 7) is 0.983. The van der Waals surface area contributed by atoms with Crippen LogP contribution in [0.1, 0.15) is 11.1 Å². The normalized spacial score (nSPS) is 12.9. The Balaban J connectivity index is 1.78. The van der Waals surface area contributed by atoms with Crippen molar-refractivity contribution in [3.63, 3.8) is 0 Å². The van der Waals surface area contributed by atoms with Crippen molar-refractivity contribution in [3.05, 3.63) is 52.6 Å². The van der Waals surface area contributed by atoms with Crippen LogP contribution in [-0.2, 0) is 13.0 Å². The molecule has 0 saturated carbocycles. The summed E-state index contributed by atoms with van der Waals surface area (Å²) < 4.78 is 23.8. The smallest absolute Gasteiger partial charge is 0.213 e. The molecule has 0 saturated heterocycles. The number of aromatic nitrogens is 1. The second-order valence-corrected chi connectivity index (χ2v) is 4.69.